The largest absolute Gasteiger partial charge is 0.493 e. The Hall–Kier alpha value is -4.14. The number of esters is 1. The van der Waals surface area contributed by atoms with Gasteiger partial charge in [-0.05, 0) is 49.2 Å². The number of aromatic amines is 1. The van der Waals surface area contributed by atoms with Gasteiger partial charge in [-0.1, -0.05) is 12.1 Å². The van der Waals surface area contributed by atoms with Crippen molar-refractivity contribution < 1.29 is 23.8 Å². The number of ether oxygens (including phenoxy) is 3. The van der Waals surface area contributed by atoms with E-state index in [1.807, 2.05) is 32.0 Å². The van der Waals surface area contributed by atoms with Gasteiger partial charge in [-0.15, -0.1) is 0 Å². The molecular formula is C23H24N4O5. The number of nitrogens with one attached hydrogen (secondary N) is 2. The van der Waals surface area contributed by atoms with Crippen molar-refractivity contribution in [2.45, 2.75) is 20.8 Å². The van der Waals surface area contributed by atoms with Crippen molar-refractivity contribution in [3.63, 3.8) is 0 Å². The zero-order chi connectivity index (χ0) is 23.3. The van der Waals surface area contributed by atoms with Gasteiger partial charge in [-0.25, -0.2) is 5.43 Å². The predicted octanol–water partition coefficient (Wildman–Crippen LogP) is 3.40. The molecule has 9 nitrogen and oxygen atoms in total. The molecule has 2 aromatic carbocycles. The molecule has 9 heteroatoms. The second kappa shape index (κ2) is 9.78. The Morgan fingerprint density at radius 2 is 1.72 bits per heavy atom. The minimum absolute atomic E-state index is 0.167. The van der Waals surface area contributed by atoms with Crippen molar-refractivity contribution in [2.75, 3.05) is 14.2 Å². The normalized spacial score (nSPS) is 10.8. The monoisotopic (exact) mass is 436 g/mol. The van der Waals surface area contributed by atoms with Crippen LogP contribution in [0.25, 0.3) is 11.3 Å². The first-order valence-corrected chi connectivity index (χ1v) is 9.73. The van der Waals surface area contributed by atoms with Crippen LogP contribution < -0.4 is 19.6 Å². The van der Waals surface area contributed by atoms with Gasteiger partial charge in [0.05, 0.1) is 26.1 Å². The summed E-state index contributed by atoms with van der Waals surface area (Å²) in [4.78, 5) is 23.7. The van der Waals surface area contributed by atoms with Crippen LogP contribution >= 0.6 is 0 Å². The first-order chi connectivity index (χ1) is 15.3. The third-order valence-corrected chi connectivity index (χ3v) is 4.73. The summed E-state index contributed by atoms with van der Waals surface area (Å²) in [7, 11) is 2.88. The number of hydrogen-bond donors (Lipinski definition) is 2. The molecule has 0 atom stereocenters. The van der Waals surface area contributed by atoms with E-state index in [1.165, 1.54) is 32.9 Å². The summed E-state index contributed by atoms with van der Waals surface area (Å²) in [5.41, 5.74) is 7.20. The van der Waals surface area contributed by atoms with E-state index in [9.17, 15) is 9.59 Å². The van der Waals surface area contributed by atoms with Crippen molar-refractivity contribution in [1.82, 2.24) is 15.6 Å². The minimum atomic E-state index is -0.505. The van der Waals surface area contributed by atoms with Crippen LogP contribution in [0.4, 0.5) is 0 Å². The molecule has 32 heavy (non-hydrogen) atoms. The predicted molar refractivity (Wildman–Crippen MR) is 119 cm³/mol. The highest BCUT2D eigenvalue weighted by Crippen LogP contribution is 2.38. The van der Waals surface area contributed by atoms with Gasteiger partial charge in [-0.2, -0.15) is 10.2 Å². The van der Waals surface area contributed by atoms with Gasteiger partial charge in [-0.3, -0.25) is 14.7 Å². The van der Waals surface area contributed by atoms with Crippen LogP contribution in [0.2, 0.25) is 0 Å². The Labute approximate surface area is 185 Å². The van der Waals surface area contributed by atoms with Crippen LogP contribution in [0, 0.1) is 13.8 Å². The summed E-state index contributed by atoms with van der Waals surface area (Å²) in [6.45, 7) is 5.34. The number of amides is 1. The van der Waals surface area contributed by atoms with Gasteiger partial charge in [0.15, 0.2) is 11.5 Å². The first kappa shape index (κ1) is 22.5. The quantitative estimate of drug-likeness (QED) is 0.254. The summed E-state index contributed by atoms with van der Waals surface area (Å²) in [6, 6.07) is 10.9. The topological polar surface area (TPSA) is 115 Å². The number of hydrazone groups is 1. The Bertz CT molecular complexity index is 1160. The third kappa shape index (κ3) is 5.12. The molecule has 0 fully saturated rings. The smallest absolute Gasteiger partial charge is 0.308 e. The number of hydrogen-bond acceptors (Lipinski definition) is 7. The lowest BCUT2D eigenvalue weighted by atomic mass is 10.0. The molecule has 0 radical (unpaired) electrons. The summed E-state index contributed by atoms with van der Waals surface area (Å²) < 4.78 is 15.7. The molecule has 0 unspecified atom stereocenters. The molecule has 1 amide bonds. The summed E-state index contributed by atoms with van der Waals surface area (Å²) in [6.07, 6.45) is 1.42. The molecular weight excluding hydrogens is 412 g/mol. The fourth-order valence-corrected chi connectivity index (χ4v) is 2.93. The first-order valence-electron chi connectivity index (χ1n) is 9.73. The number of aryl methyl sites for hydroxylation is 2. The number of H-pyrrole nitrogens is 1. The van der Waals surface area contributed by atoms with Crippen LogP contribution in [0.1, 0.15) is 34.1 Å². The zero-order valence-electron chi connectivity index (χ0n) is 18.5. The van der Waals surface area contributed by atoms with E-state index in [0.29, 0.717) is 22.8 Å². The van der Waals surface area contributed by atoms with Crippen molar-refractivity contribution in [3.05, 3.63) is 58.8 Å². The highest BCUT2D eigenvalue weighted by atomic mass is 16.6. The van der Waals surface area contributed by atoms with Crippen molar-refractivity contribution in [3.8, 4) is 28.5 Å². The molecule has 3 rings (SSSR count). The Morgan fingerprint density at radius 1 is 1.03 bits per heavy atom. The third-order valence-electron chi connectivity index (χ3n) is 4.73. The molecule has 1 aromatic heterocycles. The summed E-state index contributed by atoms with van der Waals surface area (Å²) >= 11 is 0. The van der Waals surface area contributed by atoms with Crippen LogP contribution in [-0.4, -0.2) is 42.5 Å². The molecule has 166 valence electrons. The number of carbonyl (C=O) groups is 2. The fourth-order valence-electron chi connectivity index (χ4n) is 2.93. The van der Waals surface area contributed by atoms with E-state index < -0.39 is 11.9 Å². The van der Waals surface area contributed by atoms with Crippen molar-refractivity contribution in [1.29, 1.82) is 0 Å². The van der Waals surface area contributed by atoms with E-state index in [2.05, 4.69) is 20.7 Å². The average molecular weight is 436 g/mol. The minimum Gasteiger partial charge on any atom is -0.493 e. The number of methoxy groups -OCH3 is 2. The van der Waals surface area contributed by atoms with Gasteiger partial charge in [0.25, 0.3) is 5.91 Å². The van der Waals surface area contributed by atoms with Crippen LogP contribution in [0.5, 0.6) is 17.2 Å². The van der Waals surface area contributed by atoms with Crippen LogP contribution in [0.15, 0.2) is 41.5 Å². The number of aromatic nitrogens is 2. The van der Waals surface area contributed by atoms with Crippen LogP contribution in [-0.2, 0) is 4.79 Å². The Kier molecular flexibility index (Phi) is 6.89. The molecule has 0 aliphatic carbocycles. The van der Waals surface area contributed by atoms with Gasteiger partial charge in [0.1, 0.15) is 5.69 Å². The molecule has 0 bridgehead atoms. The maximum Gasteiger partial charge on any atom is 0.308 e. The molecule has 3 aromatic rings. The highest BCUT2D eigenvalue weighted by molar-refractivity contribution is 5.94. The lowest BCUT2D eigenvalue weighted by Crippen LogP contribution is -2.18. The zero-order valence-corrected chi connectivity index (χ0v) is 18.5. The average Bonchev–Trinajstić information content (AvgIpc) is 3.26. The highest BCUT2D eigenvalue weighted by Gasteiger charge is 2.16. The second-order valence-electron chi connectivity index (χ2n) is 7.01. The lowest BCUT2D eigenvalue weighted by Gasteiger charge is -2.13. The standard InChI is InChI=1S/C23H24N4O5/c1-13-6-7-17(8-14(13)2)18-11-19(26-25-18)23(29)27-24-12-16-9-20(30-4)22(32-15(3)28)21(10-16)31-5/h6-12H,1-5H3,(H,25,26)(H,27,29). The molecule has 0 saturated heterocycles. The number of rotatable bonds is 7. The fraction of sp³-hybridized carbons (Fsp3) is 0.217. The molecule has 0 aliphatic rings. The van der Waals surface area contributed by atoms with E-state index in [1.54, 1.807) is 18.2 Å². The van der Waals surface area contributed by atoms with E-state index >= 15 is 0 Å². The number of nitrogens with zero attached hydrogens (tertiary/aromatic N) is 2. The van der Waals surface area contributed by atoms with Gasteiger partial charge >= 0.3 is 5.97 Å². The second-order valence-corrected chi connectivity index (χ2v) is 7.01. The lowest BCUT2D eigenvalue weighted by molar-refractivity contribution is -0.132. The van der Waals surface area contributed by atoms with Crippen molar-refractivity contribution >= 4 is 18.1 Å². The van der Waals surface area contributed by atoms with Crippen LogP contribution in [0.3, 0.4) is 0 Å². The van der Waals surface area contributed by atoms with Gasteiger partial charge in [0, 0.05) is 18.1 Å². The molecule has 2 N–H and O–H groups in total. The van der Waals surface area contributed by atoms with Gasteiger partial charge in [0.2, 0.25) is 5.75 Å². The van der Waals surface area contributed by atoms with E-state index in [4.69, 9.17) is 14.2 Å². The Balaban J connectivity index is 1.73. The molecule has 1 heterocycles. The summed E-state index contributed by atoms with van der Waals surface area (Å²) in [5, 5.41) is 10.9. The molecule has 0 aliphatic heterocycles. The SMILES string of the molecule is COc1cc(C=NNC(=O)c2cc(-c3ccc(C)c(C)c3)n[nH]2)cc(OC)c1OC(C)=O. The maximum absolute atomic E-state index is 12.4. The van der Waals surface area contributed by atoms with E-state index in [0.717, 1.165) is 11.1 Å². The van der Waals surface area contributed by atoms with E-state index in [-0.39, 0.29) is 11.4 Å². The maximum atomic E-state index is 12.4. The Morgan fingerprint density at radius 3 is 2.31 bits per heavy atom. The molecule has 0 saturated carbocycles. The number of benzene rings is 2. The number of carbonyl (C=O) groups excluding carboxylic acids is 2. The van der Waals surface area contributed by atoms with Gasteiger partial charge < -0.3 is 14.2 Å². The summed E-state index contributed by atoms with van der Waals surface area (Å²) in [5.74, 6) is -0.202. The van der Waals surface area contributed by atoms with Crippen molar-refractivity contribution in [2.24, 2.45) is 5.10 Å². The molecule has 0 spiro atoms.